The molecule has 1 heterocycles. The number of nitrogens with zero attached hydrogens (tertiary/aromatic N) is 1. The molecular weight excluding hydrogens is 256 g/mol. The van der Waals surface area contributed by atoms with Crippen LogP contribution in [-0.4, -0.2) is 11.6 Å². The van der Waals surface area contributed by atoms with Crippen molar-refractivity contribution < 1.29 is 4.74 Å². The predicted molar refractivity (Wildman–Crippen MR) is 80.9 cm³/mol. The number of hydrogen-bond donors (Lipinski definition) is 1. The Balaban J connectivity index is 1.76. The highest BCUT2D eigenvalue weighted by Crippen LogP contribution is 2.21. The monoisotopic (exact) mass is 276 g/mol. The molecule has 0 aliphatic heterocycles. The summed E-state index contributed by atoms with van der Waals surface area (Å²) in [4.78, 5) is 4.61. The molecule has 0 radical (unpaired) electrons. The number of nitrogens with two attached hydrogens (primary N) is 1. The van der Waals surface area contributed by atoms with Crippen LogP contribution in [0, 0.1) is 0 Å². The van der Waals surface area contributed by atoms with Crippen LogP contribution in [0.5, 0.6) is 5.75 Å². The molecule has 0 saturated carbocycles. The maximum Gasteiger partial charge on any atom is 0.142 e. The number of thiazole rings is 1. The molecule has 2 rings (SSSR count). The first-order valence-electron chi connectivity index (χ1n) is 6.58. The van der Waals surface area contributed by atoms with E-state index in [1.54, 1.807) is 11.3 Å². The Bertz CT molecular complexity index is 522. The van der Waals surface area contributed by atoms with Crippen LogP contribution in [0.3, 0.4) is 0 Å². The van der Waals surface area contributed by atoms with Crippen LogP contribution < -0.4 is 10.5 Å². The van der Waals surface area contributed by atoms with Gasteiger partial charge in [0.25, 0.3) is 0 Å². The molecule has 1 aromatic carbocycles. The Hall–Kier alpha value is -1.55. The number of nitrogen functional groups attached to an aromatic ring is 1. The summed E-state index contributed by atoms with van der Waals surface area (Å²) in [6, 6.07) is 7.59. The first-order chi connectivity index (χ1) is 9.16. The zero-order chi connectivity index (χ0) is 13.7. The van der Waals surface area contributed by atoms with Gasteiger partial charge in [-0.25, -0.2) is 4.98 Å². The van der Waals surface area contributed by atoms with Gasteiger partial charge in [0.2, 0.25) is 0 Å². The van der Waals surface area contributed by atoms with Crippen molar-refractivity contribution in [3.63, 3.8) is 0 Å². The van der Waals surface area contributed by atoms with Gasteiger partial charge in [0.05, 0.1) is 23.0 Å². The predicted octanol–water partition coefficient (Wildman–Crippen LogP) is 3.86. The van der Waals surface area contributed by atoms with E-state index < -0.39 is 0 Å². The van der Waals surface area contributed by atoms with Crippen molar-refractivity contribution in [2.75, 3.05) is 12.3 Å². The summed E-state index contributed by atoms with van der Waals surface area (Å²) >= 11 is 1.74. The molecule has 19 heavy (non-hydrogen) atoms. The lowest BCUT2D eigenvalue weighted by atomic mass is 10.2. The van der Waals surface area contributed by atoms with Crippen molar-refractivity contribution in [2.45, 2.75) is 32.6 Å². The summed E-state index contributed by atoms with van der Waals surface area (Å²) in [6.45, 7) is 5.01. The quantitative estimate of drug-likeness (QED) is 0.644. The minimum absolute atomic E-state index is 0.505. The molecule has 2 N–H and O–H groups in total. The Morgan fingerprint density at radius 2 is 2.11 bits per heavy atom. The lowest BCUT2D eigenvalue weighted by Gasteiger charge is -2.07. The third kappa shape index (κ3) is 3.96. The normalized spacial score (nSPS) is 10.9. The second kappa shape index (κ2) is 6.57. The maximum absolute atomic E-state index is 5.82. The second-order valence-electron chi connectivity index (χ2n) is 4.81. The maximum atomic E-state index is 5.82. The Labute approximate surface area is 118 Å². The first kappa shape index (κ1) is 13.9. The highest BCUT2D eigenvalue weighted by atomic mass is 32.1. The van der Waals surface area contributed by atoms with Crippen LogP contribution in [0.2, 0.25) is 0 Å². The average molecular weight is 276 g/mol. The molecule has 0 aliphatic carbocycles. The second-order valence-corrected chi connectivity index (χ2v) is 5.75. The Kier molecular flexibility index (Phi) is 4.80. The average Bonchev–Trinajstić information content (AvgIpc) is 2.85. The number of benzene rings is 1. The number of para-hydroxylation sites is 2. The van der Waals surface area contributed by atoms with E-state index in [-0.39, 0.29) is 0 Å². The van der Waals surface area contributed by atoms with Crippen molar-refractivity contribution in [3.8, 4) is 5.75 Å². The molecule has 0 bridgehead atoms. The molecule has 0 fully saturated rings. The van der Waals surface area contributed by atoms with Crippen molar-refractivity contribution >= 4 is 17.0 Å². The molecule has 0 aliphatic rings. The molecule has 0 saturated heterocycles. The lowest BCUT2D eigenvalue weighted by Crippen LogP contribution is -2.01. The molecule has 0 spiro atoms. The third-order valence-electron chi connectivity index (χ3n) is 2.87. The van der Waals surface area contributed by atoms with E-state index in [1.165, 1.54) is 10.7 Å². The van der Waals surface area contributed by atoms with E-state index in [4.69, 9.17) is 10.5 Å². The van der Waals surface area contributed by atoms with Gasteiger partial charge < -0.3 is 10.5 Å². The molecule has 0 atom stereocenters. The molecule has 1 aromatic heterocycles. The van der Waals surface area contributed by atoms with Crippen LogP contribution in [0.1, 0.15) is 36.9 Å². The number of hydrogen-bond acceptors (Lipinski definition) is 4. The third-order valence-corrected chi connectivity index (χ3v) is 3.80. The zero-order valence-electron chi connectivity index (χ0n) is 11.4. The number of rotatable bonds is 6. The van der Waals surface area contributed by atoms with E-state index in [2.05, 4.69) is 24.2 Å². The minimum atomic E-state index is 0.505. The summed E-state index contributed by atoms with van der Waals surface area (Å²) in [5.41, 5.74) is 7.70. The summed E-state index contributed by atoms with van der Waals surface area (Å²) < 4.78 is 5.66. The fourth-order valence-corrected chi connectivity index (χ4v) is 2.72. The zero-order valence-corrected chi connectivity index (χ0v) is 12.2. The molecule has 3 nitrogen and oxygen atoms in total. The fraction of sp³-hybridized carbons (Fsp3) is 0.400. The van der Waals surface area contributed by atoms with Crippen LogP contribution in [-0.2, 0) is 6.42 Å². The number of aromatic nitrogens is 1. The van der Waals surface area contributed by atoms with Crippen LogP contribution in [0.25, 0.3) is 0 Å². The van der Waals surface area contributed by atoms with E-state index in [0.717, 1.165) is 18.6 Å². The molecule has 0 amide bonds. The van der Waals surface area contributed by atoms with Gasteiger partial charge in [-0.15, -0.1) is 11.3 Å². The van der Waals surface area contributed by atoms with Gasteiger partial charge >= 0.3 is 0 Å². The fourth-order valence-electron chi connectivity index (χ4n) is 1.72. The highest BCUT2D eigenvalue weighted by molar-refractivity contribution is 7.09. The van der Waals surface area contributed by atoms with E-state index >= 15 is 0 Å². The molecule has 4 heteroatoms. The van der Waals surface area contributed by atoms with E-state index in [1.807, 2.05) is 24.3 Å². The van der Waals surface area contributed by atoms with Crippen LogP contribution >= 0.6 is 11.3 Å². The first-order valence-corrected chi connectivity index (χ1v) is 7.46. The van der Waals surface area contributed by atoms with Gasteiger partial charge in [0.1, 0.15) is 5.75 Å². The van der Waals surface area contributed by atoms with Crippen LogP contribution in [0.15, 0.2) is 29.6 Å². The lowest BCUT2D eigenvalue weighted by molar-refractivity contribution is 0.312. The highest BCUT2D eigenvalue weighted by Gasteiger charge is 2.05. The van der Waals surface area contributed by atoms with E-state index in [0.29, 0.717) is 18.2 Å². The SMILES string of the molecule is CC(C)c1csc(CCCOc2ccccc2N)n1. The van der Waals surface area contributed by atoms with Crippen molar-refractivity contribution in [1.82, 2.24) is 4.98 Å². The summed E-state index contributed by atoms with van der Waals surface area (Å²) in [7, 11) is 0. The Morgan fingerprint density at radius 3 is 2.79 bits per heavy atom. The topological polar surface area (TPSA) is 48.1 Å². The number of aryl methyl sites for hydroxylation is 1. The summed E-state index contributed by atoms with van der Waals surface area (Å²) in [6.07, 6.45) is 1.92. The van der Waals surface area contributed by atoms with Crippen molar-refractivity contribution in [1.29, 1.82) is 0 Å². The minimum Gasteiger partial charge on any atom is -0.491 e. The van der Waals surface area contributed by atoms with Gasteiger partial charge in [-0.05, 0) is 24.5 Å². The molecule has 0 unspecified atom stereocenters. The molecule has 2 aromatic rings. The summed E-state index contributed by atoms with van der Waals surface area (Å²) in [5.74, 6) is 1.27. The standard InChI is InChI=1S/C15H20N2OS/c1-11(2)13-10-19-15(17-13)8-5-9-18-14-7-4-3-6-12(14)16/h3-4,6-7,10-11H,5,8-9,16H2,1-2H3. The van der Waals surface area contributed by atoms with Gasteiger partial charge in [-0.3, -0.25) is 0 Å². The van der Waals surface area contributed by atoms with Crippen molar-refractivity contribution in [3.05, 3.63) is 40.3 Å². The van der Waals surface area contributed by atoms with Gasteiger partial charge in [0.15, 0.2) is 0 Å². The van der Waals surface area contributed by atoms with Gasteiger partial charge in [0, 0.05) is 11.8 Å². The number of ether oxygens (including phenoxy) is 1. The number of anilines is 1. The van der Waals surface area contributed by atoms with E-state index in [9.17, 15) is 0 Å². The largest absolute Gasteiger partial charge is 0.491 e. The Morgan fingerprint density at radius 1 is 1.32 bits per heavy atom. The summed E-state index contributed by atoms with van der Waals surface area (Å²) in [5, 5.41) is 3.34. The molecule has 102 valence electrons. The smallest absolute Gasteiger partial charge is 0.142 e. The molecular formula is C15H20N2OS. The van der Waals surface area contributed by atoms with Gasteiger partial charge in [-0.2, -0.15) is 0 Å². The van der Waals surface area contributed by atoms with Crippen molar-refractivity contribution in [2.24, 2.45) is 0 Å². The van der Waals surface area contributed by atoms with Gasteiger partial charge in [-0.1, -0.05) is 26.0 Å². The van der Waals surface area contributed by atoms with Crippen LogP contribution in [0.4, 0.5) is 5.69 Å².